The van der Waals surface area contributed by atoms with Gasteiger partial charge in [-0.3, -0.25) is 14.4 Å². The third kappa shape index (κ3) is 9.88. The van der Waals surface area contributed by atoms with Crippen LogP contribution in [0.5, 0.6) is 0 Å². The van der Waals surface area contributed by atoms with Crippen molar-refractivity contribution in [1.29, 1.82) is 0 Å². The van der Waals surface area contributed by atoms with E-state index in [0.717, 1.165) is 5.56 Å². The number of amides is 3. The van der Waals surface area contributed by atoms with Gasteiger partial charge in [0.1, 0.15) is 24.4 Å². The summed E-state index contributed by atoms with van der Waals surface area (Å²) < 4.78 is 5.12. The van der Waals surface area contributed by atoms with E-state index in [0.29, 0.717) is 32.4 Å². The fourth-order valence-electron chi connectivity index (χ4n) is 3.96. The number of carbonyl (C=O) groups excluding carboxylic acids is 3. The predicted octanol–water partition coefficient (Wildman–Crippen LogP) is 0.500. The molecule has 0 bridgehead atoms. The minimum Gasteiger partial charge on any atom is -0.387 e. The molecule has 206 valence electrons. The molecule has 5 N–H and O–H groups in total. The Kier molecular flexibility index (Phi) is 11.7. The van der Waals surface area contributed by atoms with Crippen LogP contribution in [0.1, 0.15) is 45.6 Å². The van der Waals surface area contributed by atoms with Crippen molar-refractivity contribution >= 4 is 17.7 Å². The number of aliphatic hydroxyl groups excluding tert-OH is 3. The Morgan fingerprint density at radius 3 is 2.43 bits per heavy atom. The molecule has 1 aromatic carbocycles. The number of nitrogens with zero attached hydrogens (tertiary/aromatic N) is 1. The van der Waals surface area contributed by atoms with Gasteiger partial charge in [-0.25, -0.2) is 0 Å². The van der Waals surface area contributed by atoms with Gasteiger partial charge in [-0.2, -0.15) is 0 Å². The number of aliphatic hydroxyl groups is 3. The van der Waals surface area contributed by atoms with Crippen LogP contribution in [-0.4, -0.2) is 88.6 Å². The van der Waals surface area contributed by atoms with E-state index in [1.807, 2.05) is 51.1 Å². The van der Waals surface area contributed by atoms with E-state index in [1.54, 1.807) is 6.08 Å². The smallest absolute Gasteiger partial charge is 0.252 e. The van der Waals surface area contributed by atoms with Crippen molar-refractivity contribution in [2.75, 3.05) is 20.2 Å². The Hall–Kier alpha value is -2.79. The first-order valence-corrected chi connectivity index (χ1v) is 12.6. The highest BCUT2D eigenvalue weighted by Crippen LogP contribution is 2.18. The lowest BCUT2D eigenvalue weighted by Crippen LogP contribution is -2.56. The van der Waals surface area contributed by atoms with Crippen molar-refractivity contribution in [2.45, 2.75) is 77.0 Å². The molecule has 0 unspecified atom stereocenters. The molecular formula is C27H41N3O7. The van der Waals surface area contributed by atoms with Gasteiger partial charge >= 0.3 is 0 Å². The topological polar surface area (TPSA) is 148 Å². The number of methoxy groups -OCH3 is 1. The third-order valence-corrected chi connectivity index (χ3v) is 6.08. The van der Waals surface area contributed by atoms with Crippen LogP contribution >= 0.6 is 0 Å². The van der Waals surface area contributed by atoms with Gasteiger partial charge in [0.15, 0.2) is 6.10 Å². The van der Waals surface area contributed by atoms with E-state index in [9.17, 15) is 29.7 Å². The van der Waals surface area contributed by atoms with Crippen LogP contribution in [0.25, 0.3) is 0 Å². The summed E-state index contributed by atoms with van der Waals surface area (Å²) in [5, 5.41) is 36.5. The maximum Gasteiger partial charge on any atom is 0.252 e. The summed E-state index contributed by atoms with van der Waals surface area (Å²) >= 11 is 0. The monoisotopic (exact) mass is 519 g/mol. The molecule has 0 aliphatic carbocycles. The van der Waals surface area contributed by atoms with E-state index in [-0.39, 0.29) is 17.9 Å². The minimum absolute atomic E-state index is 0.139. The first-order valence-electron chi connectivity index (χ1n) is 12.6. The second-order valence-corrected chi connectivity index (χ2v) is 10.4. The Morgan fingerprint density at radius 1 is 1.14 bits per heavy atom. The highest BCUT2D eigenvalue weighted by molar-refractivity contribution is 5.92. The van der Waals surface area contributed by atoms with Crippen molar-refractivity contribution in [2.24, 2.45) is 5.41 Å². The molecule has 10 nitrogen and oxygen atoms in total. The molecule has 5 atom stereocenters. The number of hydrogen-bond acceptors (Lipinski definition) is 7. The van der Waals surface area contributed by atoms with Crippen molar-refractivity contribution in [3.05, 3.63) is 48.0 Å². The van der Waals surface area contributed by atoms with Gasteiger partial charge in [0.2, 0.25) is 11.8 Å². The van der Waals surface area contributed by atoms with Gasteiger partial charge in [0, 0.05) is 20.2 Å². The van der Waals surface area contributed by atoms with Crippen molar-refractivity contribution < 1.29 is 34.4 Å². The summed E-state index contributed by atoms with van der Waals surface area (Å²) in [6.07, 6.45) is -1.66. The zero-order chi connectivity index (χ0) is 27.6. The Morgan fingerprint density at radius 2 is 1.81 bits per heavy atom. The minimum atomic E-state index is -1.75. The van der Waals surface area contributed by atoms with Crippen LogP contribution in [0.3, 0.4) is 0 Å². The van der Waals surface area contributed by atoms with Gasteiger partial charge in [0.25, 0.3) is 5.91 Å². The predicted molar refractivity (Wildman–Crippen MR) is 138 cm³/mol. The first kappa shape index (κ1) is 30.4. The molecule has 3 amide bonds. The average Bonchev–Trinajstić information content (AvgIpc) is 3.02. The lowest BCUT2D eigenvalue weighted by Gasteiger charge is -2.29. The maximum absolute atomic E-state index is 13.1. The number of ether oxygens (including phenoxy) is 1. The molecule has 2 rings (SSSR count). The lowest BCUT2D eigenvalue weighted by molar-refractivity contribution is -0.152. The molecule has 0 radical (unpaired) electrons. The largest absolute Gasteiger partial charge is 0.387 e. The number of hydrogen-bond donors (Lipinski definition) is 5. The van der Waals surface area contributed by atoms with Gasteiger partial charge in [-0.1, -0.05) is 63.3 Å². The summed E-state index contributed by atoms with van der Waals surface area (Å²) in [4.78, 5) is 39.9. The molecule has 1 fully saturated rings. The molecule has 0 aromatic heterocycles. The van der Waals surface area contributed by atoms with E-state index in [1.165, 1.54) is 18.1 Å². The highest BCUT2D eigenvalue weighted by atomic mass is 16.5. The molecule has 1 heterocycles. The SMILES string of the molecule is CO[C@@H](C(=O)N[C@H]1CCCCN(CC(=O)NCc2ccccc2)C1=O)[C@H](O)[C@@H](O)[C@H](O)/C=C/C(C)(C)C. The number of allylic oxidation sites excluding steroid dienone is 1. The quantitative estimate of drug-likeness (QED) is 0.267. The third-order valence-electron chi connectivity index (χ3n) is 6.08. The first-order chi connectivity index (χ1) is 17.4. The zero-order valence-corrected chi connectivity index (χ0v) is 22.1. The molecule has 1 aliphatic heterocycles. The molecule has 37 heavy (non-hydrogen) atoms. The van der Waals surface area contributed by atoms with Crippen molar-refractivity contribution in [3.63, 3.8) is 0 Å². The zero-order valence-electron chi connectivity index (χ0n) is 22.1. The van der Waals surface area contributed by atoms with Gasteiger partial charge in [-0.15, -0.1) is 0 Å². The second kappa shape index (κ2) is 14.2. The van der Waals surface area contributed by atoms with Crippen molar-refractivity contribution in [1.82, 2.24) is 15.5 Å². The van der Waals surface area contributed by atoms with E-state index < -0.39 is 42.3 Å². The number of likely N-dealkylation sites (tertiary alicyclic amines) is 1. The van der Waals surface area contributed by atoms with Crippen LogP contribution in [0, 0.1) is 5.41 Å². The van der Waals surface area contributed by atoms with Crippen LogP contribution in [0.2, 0.25) is 0 Å². The molecule has 0 spiro atoms. The van der Waals surface area contributed by atoms with Crippen LogP contribution in [-0.2, 0) is 25.7 Å². The van der Waals surface area contributed by atoms with Gasteiger partial charge < -0.3 is 35.6 Å². The Labute approximate surface area is 218 Å². The summed E-state index contributed by atoms with van der Waals surface area (Å²) in [7, 11) is 1.19. The van der Waals surface area contributed by atoms with E-state index in [4.69, 9.17) is 4.74 Å². The lowest BCUT2D eigenvalue weighted by atomic mass is 9.94. The number of rotatable bonds is 11. The summed E-state index contributed by atoms with van der Waals surface area (Å²) in [5.74, 6) is -1.51. The summed E-state index contributed by atoms with van der Waals surface area (Å²) in [6, 6.07) is 8.50. The highest BCUT2D eigenvalue weighted by Gasteiger charge is 2.38. The fourth-order valence-corrected chi connectivity index (χ4v) is 3.96. The normalized spacial score (nSPS) is 20.1. The van der Waals surface area contributed by atoms with Crippen LogP contribution in [0.4, 0.5) is 0 Å². The number of benzene rings is 1. The standard InChI is InChI=1S/C27H41N3O7/c1-27(2,3)14-13-20(31)22(33)23(34)24(37-4)25(35)29-19-12-8-9-15-30(26(19)36)17-21(32)28-16-18-10-6-5-7-11-18/h5-7,10-11,13-14,19-20,22-24,31,33-34H,8-9,12,15-17H2,1-4H3,(H,28,32)(H,29,35)/b14-13+/t19-,20+,22-,23+,24+/m0/s1. The van der Waals surface area contributed by atoms with Crippen LogP contribution in [0.15, 0.2) is 42.5 Å². The van der Waals surface area contributed by atoms with E-state index >= 15 is 0 Å². The Bertz CT molecular complexity index is 916. The number of carbonyl (C=O) groups is 3. The Balaban J connectivity index is 1.98. The number of nitrogens with one attached hydrogen (secondary N) is 2. The van der Waals surface area contributed by atoms with E-state index in [2.05, 4.69) is 10.6 Å². The molecular weight excluding hydrogens is 478 g/mol. The molecule has 10 heteroatoms. The van der Waals surface area contributed by atoms with Gasteiger partial charge in [0.05, 0.1) is 6.54 Å². The second-order valence-electron chi connectivity index (χ2n) is 10.4. The fraction of sp³-hybridized carbons (Fsp3) is 0.593. The average molecular weight is 520 g/mol. The maximum atomic E-state index is 13.1. The van der Waals surface area contributed by atoms with Crippen molar-refractivity contribution in [3.8, 4) is 0 Å². The molecule has 1 aromatic rings. The molecule has 1 saturated heterocycles. The molecule has 0 saturated carbocycles. The molecule has 1 aliphatic rings. The summed E-state index contributed by atoms with van der Waals surface area (Å²) in [5.41, 5.74) is 0.682. The van der Waals surface area contributed by atoms with Gasteiger partial charge in [-0.05, 0) is 30.2 Å². The summed E-state index contributed by atoms with van der Waals surface area (Å²) in [6.45, 7) is 6.30. The van der Waals surface area contributed by atoms with Crippen LogP contribution < -0.4 is 10.6 Å².